The lowest BCUT2D eigenvalue weighted by molar-refractivity contribution is 0.0701. The number of rotatable bonds is 5. The van der Waals surface area contributed by atoms with Gasteiger partial charge in [0.05, 0.1) is 17.3 Å². The molecule has 0 atom stereocenters. The Balaban J connectivity index is 2.02. The van der Waals surface area contributed by atoms with Crippen LogP contribution in [0, 0.1) is 27.7 Å². The van der Waals surface area contributed by atoms with Gasteiger partial charge in [0.15, 0.2) is 0 Å². The van der Waals surface area contributed by atoms with Crippen molar-refractivity contribution >= 4 is 17.3 Å². The lowest BCUT2D eigenvalue weighted by atomic mass is 10.1. The third-order valence-corrected chi connectivity index (χ3v) is 4.41. The fraction of sp³-hybridized carbons (Fsp3) is 0.375. The molecule has 0 spiro atoms. The van der Waals surface area contributed by atoms with E-state index in [9.17, 15) is 4.79 Å². The standard InChI is InChI=1S/C16H19NO3S/c1-9-7-10(2)14(11(3)8-9)20-6-5-13-17-12(4)15(21-13)16(18)19/h7-8H,5-6H2,1-4H3,(H,18,19). The van der Waals surface area contributed by atoms with Gasteiger partial charge in [-0.1, -0.05) is 17.7 Å². The number of carboxylic acid groups (broad SMARTS) is 1. The number of aromatic nitrogens is 1. The highest BCUT2D eigenvalue weighted by Gasteiger charge is 2.14. The Kier molecular flexibility index (Phi) is 4.63. The van der Waals surface area contributed by atoms with Crippen LogP contribution in [0.4, 0.5) is 0 Å². The van der Waals surface area contributed by atoms with Gasteiger partial charge in [0.1, 0.15) is 10.6 Å². The van der Waals surface area contributed by atoms with Gasteiger partial charge in [0, 0.05) is 6.42 Å². The minimum Gasteiger partial charge on any atom is -0.493 e. The number of thiazole rings is 1. The molecule has 0 radical (unpaired) electrons. The maximum Gasteiger partial charge on any atom is 0.347 e. The fourth-order valence-corrected chi connectivity index (χ4v) is 3.28. The van der Waals surface area contributed by atoms with Crippen LogP contribution < -0.4 is 4.74 Å². The zero-order valence-electron chi connectivity index (χ0n) is 12.7. The van der Waals surface area contributed by atoms with Crippen molar-refractivity contribution in [2.45, 2.75) is 34.1 Å². The van der Waals surface area contributed by atoms with Gasteiger partial charge in [-0.05, 0) is 38.8 Å². The molecular formula is C16H19NO3S. The van der Waals surface area contributed by atoms with Gasteiger partial charge in [-0.3, -0.25) is 0 Å². The van der Waals surface area contributed by atoms with Crippen molar-refractivity contribution in [2.75, 3.05) is 6.61 Å². The molecule has 21 heavy (non-hydrogen) atoms. The number of aryl methyl sites for hydroxylation is 4. The highest BCUT2D eigenvalue weighted by molar-refractivity contribution is 7.13. The number of hydrogen-bond donors (Lipinski definition) is 1. The Bertz CT molecular complexity index is 653. The number of nitrogens with zero attached hydrogens (tertiary/aromatic N) is 1. The first-order valence-electron chi connectivity index (χ1n) is 6.78. The van der Waals surface area contributed by atoms with Crippen molar-refractivity contribution in [1.82, 2.24) is 4.98 Å². The van der Waals surface area contributed by atoms with Gasteiger partial charge in [-0.2, -0.15) is 0 Å². The first kappa shape index (κ1) is 15.5. The molecule has 1 aromatic carbocycles. The molecule has 0 aliphatic heterocycles. The Morgan fingerprint density at radius 3 is 2.38 bits per heavy atom. The van der Waals surface area contributed by atoms with Crippen molar-refractivity contribution in [3.63, 3.8) is 0 Å². The van der Waals surface area contributed by atoms with Crippen molar-refractivity contribution in [2.24, 2.45) is 0 Å². The lowest BCUT2D eigenvalue weighted by Gasteiger charge is -2.12. The van der Waals surface area contributed by atoms with E-state index in [1.54, 1.807) is 6.92 Å². The molecule has 0 aliphatic rings. The van der Waals surface area contributed by atoms with Crippen molar-refractivity contribution < 1.29 is 14.6 Å². The first-order valence-corrected chi connectivity index (χ1v) is 7.60. The molecule has 4 nitrogen and oxygen atoms in total. The minimum atomic E-state index is -0.914. The average molecular weight is 305 g/mol. The average Bonchev–Trinajstić information content (AvgIpc) is 2.74. The van der Waals surface area contributed by atoms with E-state index in [-0.39, 0.29) is 0 Å². The number of aromatic carboxylic acids is 1. The highest BCUT2D eigenvalue weighted by atomic mass is 32.1. The second kappa shape index (κ2) is 6.26. The number of carboxylic acids is 1. The van der Waals surface area contributed by atoms with Gasteiger partial charge in [0.25, 0.3) is 0 Å². The molecule has 1 heterocycles. The lowest BCUT2D eigenvalue weighted by Crippen LogP contribution is -2.04. The molecule has 5 heteroatoms. The summed E-state index contributed by atoms with van der Waals surface area (Å²) in [4.78, 5) is 15.6. The molecule has 0 aliphatic carbocycles. The van der Waals surface area contributed by atoms with E-state index in [1.165, 1.54) is 16.9 Å². The quantitative estimate of drug-likeness (QED) is 0.915. The van der Waals surface area contributed by atoms with E-state index in [4.69, 9.17) is 9.84 Å². The van der Waals surface area contributed by atoms with Gasteiger partial charge in [-0.25, -0.2) is 9.78 Å². The van der Waals surface area contributed by atoms with E-state index in [0.29, 0.717) is 23.6 Å². The van der Waals surface area contributed by atoms with Crippen molar-refractivity contribution in [1.29, 1.82) is 0 Å². The Hall–Kier alpha value is -1.88. The van der Waals surface area contributed by atoms with Gasteiger partial charge in [0.2, 0.25) is 0 Å². The monoisotopic (exact) mass is 305 g/mol. The first-order chi connectivity index (χ1) is 9.88. The molecule has 1 aromatic heterocycles. The zero-order valence-corrected chi connectivity index (χ0v) is 13.5. The second-order valence-electron chi connectivity index (χ2n) is 5.15. The molecule has 2 aromatic rings. The third kappa shape index (κ3) is 3.61. The molecule has 112 valence electrons. The van der Waals surface area contributed by atoms with E-state index in [2.05, 4.69) is 24.0 Å². The van der Waals surface area contributed by atoms with Crippen LogP contribution in [-0.4, -0.2) is 22.7 Å². The summed E-state index contributed by atoms with van der Waals surface area (Å²) >= 11 is 1.22. The summed E-state index contributed by atoms with van der Waals surface area (Å²) in [7, 11) is 0. The maximum atomic E-state index is 11.0. The predicted octanol–water partition coefficient (Wildman–Crippen LogP) is 3.70. The maximum absolute atomic E-state index is 11.0. The Labute approximate surface area is 128 Å². The summed E-state index contributed by atoms with van der Waals surface area (Å²) in [6.45, 7) is 8.35. The van der Waals surface area contributed by atoms with E-state index in [0.717, 1.165) is 21.9 Å². The smallest absolute Gasteiger partial charge is 0.347 e. The van der Waals surface area contributed by atoms with Crippen LogP contribution in [0.1, 0.15) is 37.1 Å². The fourth-order valence-electron chi connectivity index (χ4n) is 2.39. The Morgan fingerprint density at radius 1 is 1.24 bits per heavy atom. The molecule has 0 amide bonds. The van der Waals surface area contributed by atoms with Gasteiger partial charge in [-0.15, -0.1) is 11.3 Å². The molecular weight excluding hydrogens is 286 g/mol. The van der Waals surface area contributed by atoms with Crippen LogP contribution in [0.25, 0.3) is 0 Å². The van der Waals surface area contributed by atoms with Gasteiger partial charge >= 0.3 is 5.97 Å². The van der Waals surface area contributed by atoms with Crippen LogP contribution in [0.2, 0.25) is 0 Å². The second-order valence-corrected chi connectivity index (χ2v) is 6.24. The molecule has 0 bridgehead atoms. The molecule has 0 saturated heterocycles. The van der Waals surface area contributed by atoms with Crippen LogP contribution >= 0.6 is 11.3 Å². The summed E-state index contributed by atoms with van der Waals surface area (Å²) in [5.41, 5.74) is 4.03. The molecule has 2 rings (SSSR count). The number of benzene rings is 1. The van der Waals surface area contributed by atoms with E-state index < -0.39 is 5.97 Å². The largest absolute Gasteiger partial charge is 0.493 e. The molecule has 0 fully saturated rings. The molecule has 0 unspecified atom stereocenters. The summed E-state index contributed by atoms with van der Waals surface area (Å²) < 4.78 is 5.86. The van der Waals surface area contributed by atoms with Crippen molar-refractivity contribution in [3.8, 4) is 5.75 Å². The topological polar surface area (TPSA) is 59.4 Å². The molecule has 1 N–H and O–H groups in total. The normalized spacial score (nSPS) is 10.7. The molecule has 0 saturated carbocycles. The van der Waals surface area contributed by atoms with Crippen LogP contribution in [-0.2, 0) is 6.42 Å². The number of carbonyl (C=O) groups is 1. The summed E-state index contributed by atoms with van der Waals surface area (Å²) in [6, 6.07) is 4.19. The number of ether oxygens (including phenoxy) is 1. The van der Waals surface area contributed by atoms with Crippen LogP contribution in [0.3, 0.4) is 0 Å². The summed E-state index contributed by atoms with van der Waals surface area (Å²) in [5, 5.41) is 9.82. The van der Waals surface area contributed by atoms with Gasteiger partial charge < -0.3 is 9.84 Å². The van der Waals surface area contributed by atoms with Crippen molar-refractivity contribution in [3.05, 3.63) is 44.4 Å². The predicted molar refractivity (Wildman–Crippen MR) is 83.7 cm³/mol. The summed E-state index contributed by atoms with van der Waals surface area (Å²) in [5.74, 6) is -0.00488. The minimum absolute atomic E-state index is 0.313. The Morgan fingerprint density at radius 2 is 1.86 bits per heavy atom. The van der Waals surface area contributed by atoms with E-state index in [1.807, 2.05) is 13.8 Å². The van der Waals surface area contributed by atoms with Crippen LogP contribution in [0.5, 0.6) is 5.75 Å². The summed E-state index contributed by atoms with van der Waals surface area (Å²) in [6.07, 6.45) is 0.617. The SMILES string of the molecule is Cc1cc(C)c(OCCc2nc(C)c(C(=O)O)s2)c(C)c1. The van der Waals surface area contributed by atoms with Crippen LogP contribution in [0.15, 0.2) is 12.1 Å². The highest BCUT2D eigenvalue weighted by Crippen LogP contribution is 2.25. The zero-order chi connectivity index (χ0) is 15.6. The third-order valence-electron chi connectivity index (χ3n) is 3.20. The van der Waals surface area contributed by atoms with E-state index >= 15 is 0 Å². The number of hydrogen-bond acceptors (Lipinski definition) is 4.